The van der Waals surface area contributed by atoms with Crippen molar-refractivity contribution in [2.45, 2.75) is 40.2 Å². The van der Waals surface area contributed by atoms with E-state index in [-0.39, 0.29) is 24.0 Å². The smallest absolute Gasteiger partial charge is 0.205 e. The Balaban J connectivity index is 0.00000338. The van der Waals surface area contributed by atoms with Crippen molar-refractivity contribution >= 4 is 46.6 Å². The number of likely N-dealkylation sites (N-methyl/N-ethyl adjacent to an activating group) is 1. The van der Waals surface area contributed by atoms with Crippen molar-refractivity contribution in [3.8, 4) is 0 Å². The number of anilines is 1. The molecular formula is C17H34IN7S. The van der Waals surface area contributed by atoms with Crippen molar-refractivity contribution in [2.75, 3.05) is 57.8 Å². The molecule has 1 N–H and O–H groups in total. The molecule has 1 aliphatic heterocycles. The lowest BCUT2D eigenvalue weighted by molar-refractivity contribution is 0.236. The highest BCUT2D eigenvalue weighted by Gasteiger charge is 2.22. The fourth-order valence-corrected chi connectivity index (χ4v) is 3.85. The lowest BCUT2D eigenvalue weighted by atomic mass is 10.3. The second-order valence-corrected chi connectivity index (χ2v) is 7.25. The average molecular weight is 495 g/mol. The van der Waals surface area contributed by atoms with E-state index in [1.165, 1.54) is 11.5 Å². The number of guanidine groups is 1. The summed E-state index contributed by atoms with van der Waals surface area (Å²) in [6, 6.07) is 0.581. The summed E-state index contributed by atoms with van der Waals surface area (Å²) in [6.45, 7) is 15.7. The highest BCUT2D eigenvalue weighted by molar-refractivity contribution is 14.0. The molecule has 1 aromatic heterocycles. The van der Waals surface area contributed by atoms with E-state index in [0.29, 0.717) is 6.04 Å². The van der Waals surface area contributed by atoms with Crippen LogP contribution in [0.3, 0.4) is 0 Å². The van der Waals surface area contributed by atoms with Crippen molar-refractivity contribution in [1.29, 1.82) is 0 Å². The number of nitrogens with one attached hydrogen (secondary N) is 1. The van der Waals surface area contributed by atoms with Gasteiger partial charge in [-0.15, -0.1) is 24.0 Å². The number of hydrogen-bond donors (Lipinski definition) is 1. The standard InChI is InChI=1S/C17H33N7S.HI/c1-6-15-20-17(25-21-15)24-12-10-23(11-13-24)16(18-5)19-8-9-22(7-2)14(3)4;/h14H,6-13H2,1-5H3,(H,18,19);1H. The molecule has 0 saturated carbocycles. The van der Waals surface area contributed by atoms with Crippen LogP contribution in [0.4, 0.5) is 5.13 Å². The van der Waals surface area contributed by atoms with Crippen LogP contribution in [-0.2, 0) is 6.42 Å². The average Bonchev–Trinajstić information content (AvgIpc) is 3.11. The minimum atomic E-state index is 0. The van der Waals surface area contributed by atoms with E-state index in [2.05, 4.69) is 62.1 Å². The summed E-state index contributed by atoms with van der Waals surface area (Å²) < 4.78 is 4.39. The topological polar surface area (TPSA) is 59.9 Å². The molecule has 0 amide bonds. The third kappa shape index (κ3) is 6.49. The lowest BCUT2D eigenvalue weighted by Gasteiger charge is -2.36. The van der Waals surface area contributed by atoms with Crippen molar-refractivity contribution in [2.24, 2.45) is 4.99 Å². The molecule has 0 aliphatic carbocycles. The summed E-state index contributed by atoms with van der Waals surface area (Å²) >= 11 is 1.51. The number of nitrogens with zero attached hydrogens (tertiary/aromatic N) is 6. The molecular weight excluding hydrogens is 461 g/mol. The quantitative estimate of drug-likeness (QED) is 0.356. The number of aromatic nitrogens is 2. The lowest BCUT2D eigenvalue weighted by Crippen LogP contribution is -2.53. The molecule has 0 spiro atoms. The first kappa shape index (κ1) is 23.4. The van der Waals surface area contributed by atoms with E-state index in [4.69, 9.17) is 0 Å². The van der Waals surface area contributed by atoms with Gasteiger partial charge in [-0.3, -0.25) is 9.89 Å². The maximum absolute atomic E-state index is 4.60. The second kappa shape index (κ2) is 11.9. The van der Waals surface area contributed by atoms with Crippen LogP contribution in [-0.4, -0.2) is 84.0 Å². The maximum Gasteiger partial charge on any atom is 0.205 e. The number of rotatable bonds is 7. The van der Waals surface area contributed by atoms with Crippen LogP contribution in [0.2, 0.25) is 0 Å². The Morgan fingerprint density at radius 3 is 2.46 bits per heavy atom. The number of piperazine rings is 1. The normalized spacial score (nSPS) is 15.6. The molecule has 9 heteroatoms. The summed E-state index contributed by atoms with van der Waals surface area (Å²) in [5.41, 5.74) is 0. The van der Waals surface area contributed by atoms with Crippen LogP contribution in [0, 0.1) is 0 Å². The van der Waals surface area contributed by atoms with E-state index < -0.39 is 0 Å². The van der Waals surface area contributed by atoms with Gasteiger partial charge in [-0.2, -0.15) is 4.37 Å². The van der Waals surface area contributed by atoms with Crippen LogP contribution in [0.25, 0.3) is 0 Å². The Kier molecular flexibility index (Phi) is 10.7. The van der Waals surface area contributed by atoms with Gasteiger partial charge in [-0.1, -0.05) is 13.8 Å². The molecule has 1 aromatic rings. The molecule has 0 radical (unpaired) electrons. The molecule has 7 nitrogen and oxygen atoms in total. The van der Waals surface area contributed by atoms with Gasteiger partial charge in [0.25, 0.3) is 0 Å². The Morgan fingerprint density at radius 1 is 1.27 bits per heavy atom. The van der Waals surface area contributed by atoms with E-state index in [1.807, 2.05) is 7.05 Å². The second-order valence-electron chi connectivity index (χ2n) is 6.52. The fraction of sp³-hybridized carbons (Fsp3) is 0.824. The molecule has 0 atom stereocenters. The van der Waals surface area contributed by atoms with Crippen LogP contribution >= 0.6 is 35.5 Å². The van der Waals surface area contributed by atoms with Gasteiger partial charge in [0.15, 0.2) is 5.96 Å². The van der Waals surface area contributed by atoms with Gasteiger partial charge >= 0.3 is 0 Å². The predicted molar refractivity (Wildman–Crippen MR) is 122 cm³/mol. The fourth-order valence-electron chi connectivity index (χ4n) is 3.05. The Hall–Kier alpha value is -0.680. The summed E-state index contributed by atoms with van der Waals surface area (Å²) in [7, 11) is 1.87. The highest BCUT2D eigenvalue weighted by atomic mass is 127. The van der Waals surface area contributed by atoms with Gasteiger partial charge in [0.2, 0.25) is 5.13 Å². The van der Waals surface area contributed by atoms with E-state index in [0.717, 1.165) is 69.1 Å². The third-order valence-electron chi connectivity index (χ3n) is 4.65. The SMILES string of the molecule is CCc1nsc(N2CCN(C(=NC)NCCN(CC)C(C)C)CC2)n1.I. The van der Waals surface area contributed by atoms with Gasteiger partial charge in [-0.05, 0) is 20.4 Å². The summed E-state index contributed by atoms with van der Waals surface area (Å²) in [5, 5.41) is 4.57. The van der Waals surface area contributed by atoms with Crippen molar-refractivity contribution in [3.05, 3.63) is 5.82 Å². The van der Waals surface area contributed by atoms with E-state index >= 15 is 0 Å². The number of aryl methyl sites for hydroxylation is 1. The van der Waals surface area contributed by atoms with E-state index in [1.54, 1.807) is 0 Å². The van der Waals surface area contributed by atoms with Gasteiger partial charge in [0, 0.05) is 70.3 Å². The molecule has 150 valence electrons. The third-order valence-corrected chi connectivity index (χ3v) is 5.47. The van der Waals surface area contributed by atoms with Gasteiger partial charge < -0.3 is 15.1 Å². The minimum absolute atomic E-state index is 0. The first-order chi connectivity index (χ1) is 12.1. The Labute approximate surface area is 179 Å². The Bertz CT molecular complexity index is 541. The molecule has 1 saturated heterocycles. The van der Waals surface area contributed by atoms with Crippen molar-refractivity contribution in [3.63, 3.8) is 0 Å². The monoisotopic (exact) mass is 495 g/mol. The first-order valence-corrected chi connectivity index (χ1v) is 10.1. The van der Waals surface area contributed by atoms with Gasteiger partial charge in [0.05, 0.1) is 0 Å². The zero-order valence-corrected chi connectivity index (χ0v) is 19.9. The molecule has 1 fully saturated rings. The molecule has 0 aromatic carbocycles. The predicted octanol–water partition coefficient (Wildman–Crippen LogP) is 2.15. The Morgan fingerprint density at radius 2 is 1.96 bits per heavy atom. The summed E-state index contributed by atoms with van der Waals surface area (Å²) in [4.78, 5) is 16.2. The van der Waals surface area contributed by atoms with Crippen LogP contribution in [0.15, 0.2) is 4.99 Å². The van der Waals surface area contributed by atoms with Gasteiger partial charge in [-0.25, -0.2) is 4.98 Å². The van der Waals surface area contributed by atoms with E-state index in [9.17, 15) is 0 Å². The zero-order valence-electron chi connectivity index (χ0n) is 16.7. The largest absolute Gasteiger partial charge is 0.355 e. The minimum Gasteiger partial charge on any atom is -0.355 e. The highest BCUT2D eigenvalue weighted by Crippen LogP contribution is 2.19. The van der Waals surface area contributed by atoms with Gasteiger partial charge in [0.1, 0.15) is 5.82 Å². The molecule has 2 heterocycles. The molecule has 26 heavy (non-hydrogen) atoms. The summed E-state index contributed by atoms with van der Waals surface area (Å²) in [6.07, 6.45) is 0.901. The van der Waals surface area contributed by atoms with Crippen molar-refractivity contribution in [1.82, 2.24) is 24.5 Å². The molecule has 1 aliphatic rings. The zero-order chi connectivity index (χ0) is 18.2. The molecule has 0 unspecified atom stereocenters. The summed E-state index contributed by atoms with van der Waals surface area (Å²) in [5.74, 6) is 1.96. The molecule has 0 bridgehead atoms. The number of aliphatic imine (C=N–C) groups is 1. The number of hydrogen-bond acceptors (Lipinski definition) is 6. The molecule has 2 rings (SSSR count). The maximum atomic E-state index is 4.60. The van der Waals surface area contributed by atoms with Crippen LogP contribution in [0.5, 0.6) is 0 Å². The number of halogens is 1. The van der Waals surface area contributed by atoms with Crippen molar-refractivity contribution < 1.29 is 0 Å². The first-order valence-electron chi connectivity index (χ1n) is 9.36. The van der Waals surface area contributed by atoms with Crippen LogP contribution in [0.1, 0.15) is 33.5 Å². The van der Waals surface area contributed by atoms with Crippen LogP contribution < -0.4 is 10.2 Å².